The first-order chi connectivity index (χ1) is 10.1. The lowest BCUT2D eigenvalue weighted by Gasteiger charge is -2.30. The van der Waals surface area contributed by atoms with Gasteiger partial charge in [-0.2, -0.15) is 0 Å². The van der Waals surface area contributed by atoms with E-state index in [9.17, 15) is 4.79 Å². The fourth-order valence-electron chi connectivity index (χ4n) is 2.45. The molecule has 4 heteroatoms. The van der Waals surface area contributed by atoms with Gasteiger partial charge in [-0.25, -0.2) is 0 Å². The van der Waals surface area contributed by atoms with Gasteiger partial charge in [-0.05, 0) is 35.9 Å². The fraction of sp³-hybridized carbons (Fsp3) is 0.235. The Balaban J connectivity index is 2.05. The first-order valence-electron chi connectivity index (χ1n) is 6.75. The summed E-state index contributed by atoms with van der Waals surface area (Å²) in [4.78, 5) is 15.4. The summed E-state index contributed by atoms with van der Waals surface area (Å²) in [5.41, 5.74) is 3.26. The molecule has 1 aliphatic heterocycles. The van der Waals surface area contributed by atoms with E-state index in [-0.39, 0.29) is 5.92 Å². The highest BCUT2D eigenvalue weighted by molar-refractivity contribution is 7.99. The quantitative estimate of drug-likeness (QED) is 0.851. The van der Waals surface area contributed by atoms with Gasteiger partial charge in [0.05, 0.1) is 18.5 Å². The van der Waals surface area contributed by atoms with Crippen LogP contribution in [-0.4, -0.2) is 20.4 Å². The van der Waals surface area contributed by atoms with Crippen LogP contribution in [0.25, 0.3) is 0 Å². The van der Waals surface area contributed by atoms with Crippen LogP contribution < -0.4 is 9.64 Å². The number of anilines is 2. The maximum Gasteiger partial charge on any atom is 0.206 e. The molecule has 0 saturated carbocycles. The smallest absolute Gasteiger partial charge is 0.206 e. The summed E-state index contributed by atoms with van der Waals surface area (Å²) < 4.78 is 5.29. The van der Waals surface area contributed by atoms with E-state index in [2.05, 4.69) is 29.2 Å². The van der Waals surface area contributed by atoms with Gasteiger partial charge in [-0.15, -0.1) is 0 Å². The minimum Gasteiger partial charge on any atom is -0.497 e. The number of benzene rings is 2. The second-order valence-electron chi connectivity index (χ2n) is 5.06. The summed E-state index contributed by atoms with van der Waals surface area (Å²) in [5.74, 6) is 0.657. The van der Waals surface area contributed by atoms with Crippen molar-refractivity contribution in [2.45, 2.75) is 22.6 Å². The number of nitrogens with zero attached hydrogens (tertiary/aromatic N) is 1. The lowest BCUT2D eigenvalue weighted by molar-refractivity contribution is 0.413. The van der Waals surface area contributed by atoms with E-state index >= 15 is 0 Å². The molecule has 107 valence electrons. The topological polar surface area (TPSA) is 29.5 Å². The molecule has 0 aliphatic carbocycles. The van der Waals surface area contributed by atoms with Gasteiger partial charge in [0.2, 0.25) is 6.29 Å². The molecule has 2 aromatic carbocycles. The molecule has 0 aromatic heterocycles. The third kappa shape index (κ3) is 2.40. The van der Waals surface area contributed by atoms with Crippen LogP contribution in [0.5, 0.6) is 5.75 Å². The van der Waals surface area contributed by atoms with Crippen molar-refractivity contribution in [2.24, 2.45) is 0 Å². The Kier molecular flexibility index (Phi) is 3.64. The number of hydrogen-bond acceptors (Lipinski definition) is 4. The second-order valence-corrected chi connectivity index (χ2v) is 6.15. The molecule has 0 fully saturated rings. The minimum absolute atomic E-state index is 0.203. The van der Waals surface area contributed by atoms with E-state index in [4.69, 9.17) is 4.74 Å². The number of carbonyl (C=O) groups excluding carboxylic acids is 1. The zero-order valence-electron chi connectivity index (χ0n) is 12.2. The lowest BCUT2D eigenvalue weighted by Crippen LogP contribution is -2.15. The van der Waals surface area contributed by atoms with Gasteiger partial charge in [-0.3, -0.25) is 4.79 Å². The molecule has 0 N–H and O–H groups in total. The summed E-state index contributed by atoms with van der Waals surface area (Å²) in [6, 6.07) is 12.2. The predicted molar refractivity (Wildman–Crippen MR) is 85.7 cm³/mol. The number of methoxy groups -OCH3 is 1. The molecule has 1 atom stereocenters. The molecule has 0 spiro atoms. The van der Waals surface area contributed by atoms with Crippen LogP contribution in [0.15, 0.2) is 46.2 Å². The minimum atomic E-state index is -0.203. The molecule has 0 saturated heterocycles. The molecular weight excluding hydrogens is 282 g/mol. The van der Waals surface area contributed by atoms with Gasteiger partial charge in [0.15, 0.2) is 0 Å². The second kappa shape index (κ2) is 5.45. The summed E-state index contributed by atoms with van der Waals surface area (Å²) >= 11 is 1.72. The third-order valence-electron chi connectivity index (χ3n) is 3.77. The SMILES string of the molecule is COc1ccc2c(c1)Sc1ccc(C(C)[C]=O)cc1N2C. The Labute approximate surface area is 128 Å². The van der Waals surface area contributed by atoms with Gasteiger partial charge in [0, 0.05) is 22.8 Å². The van der Waals surface area contributed by atoms with Crippen molar-refractivity contribution in [3.05, 3.63) is 42.0 Å². The van der Waals surface area contributed by atoms with Gasteiger partial charge in [0.25, 0.3) is 0 Å². The summed E-state index contributed by atoms with van der Waals surface area (Å²) in [6.07, 6.45) is 2.05. The molecule has 1 radical (unpaired) electrons. The van der Waals surface area contributed by atoms with E-state index < -0.39 is 0 Å². The normalized spacial score (nSPS) is 14.1. The van der Waals surface area contributed by atoms with Gasteiger partial charge in [-0.1, -0.05) is 24.8 Å². The Morgan fingerprint density at radius 2 is 1.95 bits per heavy atom. The van der Waals surface area contributed by atoms with Crippen LogP contribution in [0.4, 0.5) is 11.4 Å². The van der Waals surface area contributed by atoms with Crippen molar-refractivity contribution in [2.75, 3.05) is 19.1 Å². The van der Waals surface area contributed by atoms with E-state index in [0.717, 1.165) is 22.7 Å². The highest BCUT2D eigenvalue weighted by Crippen LogP contribution is 2.48. The van der Waals surface area contributed by atoms with Crippen molar-refractivity contribution >= 4 is 29.4 Å². The van der Waals surface area contributed by atoms with Crippen LogP contribution in [0.3, 0.4) is 0 Å². The van der Waals surface area contributed by atoms with Crippen LogP contribution in [-0.2, 0) is 4.79 Å². The van der Waals surface area contributed by atoms with Crippen molar-refractivity contribution in [3.8, 4) is 5.75 Å². The number of hydrogen-bond donors (Lipinski definition) is 0. The molecule has 1 unspecified atom stereocenters. The summed E-state index contributed by atoms with van der Waals surface area (Å²) in [7, 11) is 3.72. The maximum absolute atomic E-state index is 10.9. The number of rotatable bonds is 3. The van der Waals surface area contributed by atoms with Crippen molar-refractivity contribution in [3.63, 3.8) is 0 Å². The number of ether oxygens (including phenoxy) is 1. The van der Waals surface area contributed by atoms with Crippen LogP contribution in [0.1, 0.15) is 18.4 Å². The molecule has 0 bridgehead atoms. The van der Waals surface area contributed by atoms with Crippen molar-refractivity contribution < 1.29 is 9.53 Å². The van der Waals surface area contributed by atoms with Crippen LogP contribution in [0.2, 0.25) is 0 Å². The average molecular weight is 298 g/mol. The van der Waals surface area contributed by atoms with E-state index in [1.165, 1.54) is 9.79 Å². The lowest BCUT2D eigenvalue weighted by atomic mass is 10.0. The fourth-order valence-corrected chi connectivity index (χ4v) is 3.61. The van der Waals surface area contributed by atoms with Crippen LogP contribution in [0, 0.1) is 0 Å². The molecular formula is C17H16NO2S. The zero-order valence-corrected chi connectivity index (χ0v) is 13.0. The summed E-state index contributed by atoms with van der Waals surface area (Å²) in [6.45, 7) is 1.86. The molecule has 2 aromatic rings. The molecule has 21 heavy (non-hydrogen) atoms. The van der Waals surface area contributed by atoms with E-state index in [1.807, 2.05) is 32.4 Å². The van der Waals surface area contributed by atoms with Crippen LogP contribution >= 0.6 is 11.8 Å². The Hall–Kier alpha value is -1.94. The highest BCUT2D eigenvalue weighted by atomic mass is 32.2. The monoisotopic (exact) mass is 298 g/mol. The average Bonchev–Trinajstić information content (AvgIpc) is 2.53. The molecule has 0 amide bonds. The highest BCUT2D eigenvalue weighted by Gasteiger charge is 2.22. The van der Waals surface area contributed by atoms with Gasteiger partial charge >= 0.3 is 0 Å². The summed E-state index contributed by atoms with van der Waals surface area (Å²) in [5, 5.41) is 0. The molecule has 3 nitrogen and oxygen atoms in total. The third-order valence-corrected chi connectivity index (χ3v) is 4.88. The standard InChI is InChI=1S/C17H16NO2S/c1-11(10-19)12-4-7-16-15(8-12)18(2)14-6-5-13(20-3)9-17(14)21-16/h4-9,11H,1-3H3. The maximum atomic E-state index is 10.9. The Bertz CT molecular complexity index is 699. The first-order valence-corrected chi connectivity index (χ1v) is 7.57. The predicted octanol–water partition coefficient (Wildman–Crippen LogP) is 4.14. The zero-order chi connectivity index (χ0) is 15.0. The van der Waals surface area contributed by atoms with Crippen molar-refractivity contribution in [1.29, 1.82) is 0 Å². The largest absolute Gasteiger partial charge is 0.497 e. The Morgan fingerprint density at radius 3 is 2.67 bits per heavy atom. The first kappa shape index (κ1) is 14.0. The van der Waals surface area contributed by atoms with E-state index in [0.29, 0.717) is 0 Å². The van der Waals surface area contributed by atoms with E-state index in [1.54, 1.807) is 18.9 Å². The molecule has 1 aliphatic rings. The molecule has 3 rings (SSSR count). The number of fused-ring (bicyclic) bond motifs is 2. The Morgan fingerprint density at radius 1 is 1.14 bits per heavy atom. The van der Waals surface area contributed by atoms with Gasteiger partial charge in [0.1, 0.15) is 5.75 Å². The van der Waals surface area contributed by atoms with Gasteiger partial charge < -0.3 is 9.64 Å². The van der Waals surface area contributed by atoms with Crippen molar-refractivity contribution in [1.82, 2.24) is 0 Å². The molecule has 1 heterocycles.